The van der Waals surface area contributed by atoms with Crippen LogP contribution in [0, 0.1) is 12.3 Å². The van der Waals surface area contributed by atoms with Crippen molar-refractivity contribution >= 4 is 23.6 Å². The summed E-state index contributed by atoms with van der Waals surface area (Å²) in [6.45, 7) is 4.77. The molecule has 6 nitrogen and oxygen atoms in total. The highest BCUT2D eigenvalue weighted by Crippen LogP contribution is 2.20. The number of benzene rings is 1. The van der Waals surface area contributed by atoms with Crippen molar-refractivity contribution in [1.29, 1.82) is 0 Å². The van der Waals surface area contributed by atoms with Crippen molar-refractivity contribution in [2.75, 3.05) is 11.9 Å². The van der Waals surface area contributed by atoms with Crippen molar-refractivity contribution in [1.82, 2.24) is 5.32 Å². The maximum atomic E-state index is 12.0. The number of rotatable bonds is 4. The van der Waals surface area contributed by atoms with Crippen LogP contribution in [0.2, 0.25) is 0 Å². The maximum absolute atomic E-state index is 12.0. The minimum atomic E-state index is -1.22. The van der Waals surface area contributed by atoms with E-state index in [2.05, 4.69) is 5.32 Å². The van der Waals surface area contributed by atoms with Gasteiger partial charge in [-0.1, -0.05) is 12.1 Å². The molecule has 114 valence electrons. The molecule has 0 bridgehead atoms. The Bertz CT molecular complexity index is 567. The van der Waals surface area contributed by atoms with Crippen molar-refractivity contribution in [3.63, 3.8) is 0 Å². The zero-order chi connectivity index (χ0) is 16.2. The van der Waals surface area contributed by atoms with Gasteiger partial charge in [0.15, 0.2) is 0 Å². The molecule has 0 aromatic heterocycles. The summed E-state index contributed by atoms with van der Waals surface area (Å²) >= 11 is 0. The summed E-state index contributed by atoms with van der Waals surface area (Å²) in [7, 11) is 1.54. The fraction of sp³-hybridized carbons (Fsp3) is 0.400. The Kier molecular flexibility index (Phi) is 5.07. The summed E-state index contributed by atoms with van der Waals surface area (Å²) in [4.78, 5) is 36.0. The number of anilines is 1. The van der Waals surface area contributed by atoms with E-state index in [0.717, 1.165) is 5.56 Å². The van der Waals surface area contributed by atoms with Gasteiger partial charge < -0.3 is 5.11 Å². The molecule has 0 fully saturated rings. The van der Waals surface area contributed by atoms with Gasteiger partial charge in [0.2, 0.25) is 5.91 Å². The second-order valence-corrected chi connectivity index (χ2v) is 5.62. The second kappa shape index (κ2) is 6.39. The van der Waals surface area contributed by atoms with Crippen molar-refractivity contribution in [3.05, 3.63) is 29.8 Å². The fourth-order valence-corrected chi connectivity index (χ4v) is 1.68. The molecule has 0 spiro atoms. The highest BCUT2D eigenvalue weighted by molar-refractivity contribution is 6.03. The molecule has 1 aromatic rings. The van der Waals surface area contributed by atoms with Gasteiger partial charge in [0, 0.05) is 19.2 Å². The van der Waals surface area contributed by atoms with Crippen molar-refractivity contribution in [2.45, 2.75) is 27.2 Å². The van der Waals surface area contributed by atoms with Crippen molar-refractivity contribution in [3.8, 4) is 0 Å². The first-order chi connectivity index (χ1) is 9.63. The van der Waals surface area contributed by atoms with Crippen LogP contribution < -0.4 is 10.2 Å². The zero-order valence-electron chi connectivity index (χ0n) is 12.6. The number of amides is 3. The van der Waals surface area contributed by atoms with Crippen LogP contribution in [0.25, 0.3) is 0 Å². The Hall–Kier alpha value is -2.37. The quantitative estimate of drug-likeness (QED) is 0.890. The molecule has 0 saturated carbocycles. The first-order valence-corrected chi connectivity index (χ1v) is 6.51. The number of aliphatic carboxylic acids is 1. The molecule has 0 atom stereocenters. The van der Waals surface area contributed by atoms with Crippen LogP contribution in [-0.2, 0) is 9.59 Å². The Labute approximate surface area is 123 Å². The third-order valence-electron chi connectivity index (χ3n) is 3.12. The SMILES string of the molecule is Cc1cccc(N(C)C(=O)NC(=O)CC(C)(C)C(=O)O)c1. The molecule has 0 heterocycles. The van der Waals surface area contributed by atoms with Gasteiger partial charge >= 0.3 is 12.0 Å². The summed E-state index contributed by atoms with van der Waals surface area (Å²) in [5.41, 5.74) is 0.426. The first-order valence-electron chi connectivity index (χ1n) is 6.51. The van der Waals surface area contributed by atoms with Gasteiger partial charge in [-0.15, -0.1) is 0 Å². The van der Waals surface area contributed by atoms with E-state index in [1.807, 2.05) is 25.1 Å². The molecule has 1 aromatic carbocycles. The number of nitrogens with zero attached hydrogens (tertiary/aromatic N) is 1. The number of carboxylic acid groups (broad SMARTS) is 1. The lowest BCUT2D eigenvalue weighted by atomic mass is 9.89. The van der Waals surface area contributed by atoms with Crippen LogP contribution in [0.1, 0.15) is 25.8 Å². The smallest absolute Gasteiger partial charge is 0.328 e. The summed E-state index contributed by atoms with van der Waals surface area (Å²) in [5.74, 6) is -1.70. The Balaban J connectivity index is 2.69. The third-order valence-corrected chi connectivity index (χ3v) is 3.12. The number of carbonyl (C=O) groups is 3. The highest BCUT2D eigenvalue weighted by atomic mass is 16.4. The molecule has 21 heavy (non-hydrogen) atoms. The minimum Gasteiger partial charge on any atom is -0.481 e. The van der Waals surface area contributed by atoms with Crippen LogP contribution in [0.3, 0.4) is 0 Å². The predicted octanol–water partition coefficient (Wildman–Crippen LogP) is 2.17. The first kappa shape index (κ1) is 16.7. The molecule has 3 amide bonds. The topological polar surface area (TPSA) is 86.7 Å². The summed E-state index contributed by atoms with van der Waals surface area (Å²) in [6, 6.07) is 6.68. The standard InChI is InChI=1S/C15H20N2O4/c1-10-6-5-7-11(8-10)17(4)14(21)16-12(18)9-15(2,3)13(19)20/h5-8H,9H2,1-4H3,(H,19,20)(H,16,18,21). The molecule has 1 rings (SSSR count). The van der Waals surface area contributed by atoms with Crippen molar-refractivity contribution in [2.24, 2.45) is 5.41 Å². The number of carbonyl (C=O) groups excluding carboxylic acids is 2. The van der Waals surface area contributed by atoms with Crippen LogP contribution in [-0.4, -0.2) is 30.1 Å². The number of nitrogens with one attached hydrogen (secondary N) is 1. The number of carboxylic acids is 1. The lowest BCUT2D eigenvalue weighted by molar-refractivity contribution is -0.149. The molecule has 0 saturated heterocycles. The number of hydrogen-bond donors (Lipinski definition) is 2. The summed E-state index contributed by atoms with van der Waals surface area (Å²) in [6.07, 6.45) is -0.268. The van der Waals surface area contributed by atoms with Crippen LogP contribution >= 0.6 is 0 Å². The predicted molar refractivity (Wildman–Crippen MR) is 79.2 cm³/mol. The van der Waals surface area contributed by atoms with Gasteiger partial charge in [-0.05, 0) is 38.5 Å². The number of urea groups is 1. The average molecular weight is 292 g/mol. The van der Waals surface area contributed by atoms with E-state index in [9.17, 15) is 14.4 Å². The Morgan fingerprint density at radius 2 is 1.90 bits per heavy atom. The van der Waals surface area contributed by atoms with Crippen LogP contribution in [0.5, 0.6) is 0 Å². The van der Waals surface area contributed by atoms with Crippen LogP contribution in [0.15, 0.2) is 24.3 Å². The molecule has 6 heteroatoms. The van der Waals surface area contributed by atoms with Gasteiger partial charge in [-0.25, -0.2) is 4.79 Å². The molecule has 0 unspecified atom stereocenters. The van der Waals surface area contributed by atoms with Gasteiger partial charge in [-0.2, -0.15) is 0 Å². The Morgan fingerprint density at radius 3 is 2.43 bits per heavy atom. The molecule has 0 aliphatic heterocycles. The molecular formula is C15H20N2O4. The van der Waals surface area contributed by atoms with Gasteiger partial charge in [-0.3, -0.25) is 19.8 Å². The third kappa shape index (κ3) is 4.59. The van der Waals surface area contributed by atoms with E-state index < -0.39 is 23.3 Å². The summed E-state index contributed by atoms with van der Waals surface area (Å²) in [5, 5.41) is 11.2. The molecule has 2 N–H and O–H groups in total. The lowest BCUT2D eigenvalue weighted by Crippen LogP contribution is -2.43. The van der Waals surface area contributed by atoms with E-state index in [1.165, 1.54) is 18.7 Å². The van der Waals surface area contributed by atoms with E-state index in [0.29, 0.717) is 5.69 Å². The maximum Gasteiger partial charge on any atom is 0.328 e. The second-order valence-electron chi connectivity index (χ2n) is 5.62. The van der Waals surface area contributed by atoms with E-state index in [1.54, 1.807) is 13.1 Å². The zero-order valence-corrected chi connectivity index (χ0v) is 12.6. The van der Waals surface area contributed by atoms with Crippen molar-refractivity contribution < 1.29 is 19.5 Å². The molecule has 0 aliphatic carbocycles. The largest absolute Gasteiger partial charge is 0.481 e. The summed E-state index contributed by atoms with van der Waals surface area (Å²) < 4.78 is 0. The van der Waals surface area contributed by atoms with E-state index >= 15 is 0 Å². The minimum absolute atomic E-state index is 0.268. The monoisotopic (exact) mass is 292 g/mol. The molecular weight excluding hydrogens is 272 g/mol. The number of hydrogen-bond acceptors (Lipinski definition) is 3. The normalized spacial score (nSPS) is 10.9. The number of imide groups is 1. The van der Waals surface area contributed by atoms with Gasteiger partial charge in [0.1, 0.15) is 0 Å². The highest BCUT2D eigenvalue weighted by Gasteiger charge is 2.31. The van der Waals surface area contributed by atoms with E-state index in [-0.39, 0.29) is 6.42 Å². The molecule has 0 radical (unpaired) electrons. The number of aryl methyl sites for hydroxylation is 1. The van der Waals surface area contributed by atoms with Gasteiger partial charge in [0.25, 0.3) is 0 Å². The lowest BCUT2D eigenvalue weighted by Gasteiger charge is -2.21. The van der Waals surface area contributed by atoms with E-state index in [4.69, 9.17) is 5.11 Å². The Morgan fingerprint density at radius 1 is 1.29 bits per heavy atom. The fourth-order valence-electron chi connectivity index (χ4n) is 1.68. The molecule has 0 aliphatic rings. The van der Waals surface area contributed by atoms with Crippen LogP contribution in [0.4, 0.5) is 10.5 Å². The van der Waals surface area contributed by atoms with Gasteiger partial charge in [0.05, 0.1) is 5.41 Å². The average Bonchev–Trinajstić information content (AvgIpc) is 2.36.